The summed E-state index contributed by atoms with van der Waals surface area (Å²) in [7, 11) is -0.380. The summed E-state index contributed by atoms with van der Waals surface area (Å²) in [5, 5.41) is 0.0347. The molecule has 135 valence electrons. The minimum Gasteiger partial charge on any atom is -0.462 e. The van der Waals surface area contributed by atoms with Gasteiger partial charge in [-0.2, -0.15) is 0 Å². The Morgan fingerprint density at radius 2 is 2.04 bits per heavy atom. The molecule has 24 heavy (non-hydrogen) atoms. The zero-order valence-corrected chi connectivity index (χ0v) is 16.8. The fraction of sp³-hybridized carbons (Fsp3) is 0.750. The highest BCUT2D eigenvalue weighted by Gasteiger charge is 2.52. The zero-order chi connectivity index (χ0) is 16.8. The second-order valence-corrected chi connectivity index (χ2v) is 10.1. The van der Waals surface area contributed by atoms with Gasteiger partial charge < -0.3 is 14.2 Å². The maximum atomic E-state index is 6.39. The molecular formula is C20H33O3Si. The number of allylic oxidation sites excluding steroid dienone is 2. The van der Waals surface area contributed by atoms with E-state index >= 15 is 0 Å². The van der Waals surface area contributed by atoms with E-state index < -0.39 is 0 Å². The van der Waals surface area contributed by atoms with Gasteiger partial charge in [0.1, 0.15) is 6.10 Å². The molecule has 3 atom stereocenters. The normalized spacial score (nSPS) is 36.8. The quantitative estimate of drug-likeness (QED) is 0.681. The molecule has 0 aromatic heterocycles. The lowest BCUT2D eigenvalue weighted by atomic mass is 9.80. The largest absolute Gasteiger partial charge is 0.462 e. The number of rotatable bonds is 3. The van der Waals surface area contributed by atoms with Crippen LogP contribution in [0.15, 0.2) is 24.2 Å². The van der Waals surface area contributed by atoms with Gasteiger partial charge in [0.25, 0.3) is 0 Å². The van der Waals surface area contributed by atoms with Crippen LogP contribution in [0, 0.1) is 12.0 Å². The third kappa shape index (κ3) is 3.91. The first kappa shape index (κ1) is 18.1. The van der Waals surface area contributed by atoms with Gasteiger partial charge in [0, 0.05) is 16.1 Å². The van der Waals surface area contributed by atoms with E-state index in [1.807, 2.05) is 18.6 Å². The summed E-state index contributed by atoms with van der Waals surface area (Å²) < 4.78 is 18.7. The van der Waals surface area contributed by atoms with E-state index in [0.29, 0.717) is 5.92 Å². The molecular weight excluding hydrogens is 316 g/mol. The molecule has 2 fully saturated rings. The Labute approximate surface area is 149 Å². The highest BCUT2D eigenvalue weighted by atomic mass is 28.2. The van der Waals surface area contributed by atoms with E-state index in [1.165, 1.54) is 63.5 Å². The van der Waals surface area contributed by atoms with Crippen LogP contribution in [0.2, 0.25) is 11.1 Å². The molecule has 3 rings (SSSR count). The van der Waals surface area contributed by atoms with Crippen molar-refractivity contribution in [1.82, 2.24) is 0 Å². The van der Waals surface area contributed by atoms with Crippen molar-refractivity contribution < 1.29 is 14.2 Å². The Bertz CT molecular complexity index is 452. The predicted molar refractivity (Wildman–Crippen MR) is 100 cm³/mol. The summed E-state index contributed by atoms with van der Waals surface area (Å²) in [6.45, 7) is 5.24. The highest BCUT2D eigenvalue weighted by molar-refractivity contribution is 6.41. The minimum absolute atomic E-state index is 0.0347. The molecule has 3 nitrogen and oxygen atoms in total. The van der Waals surface area contributed by atoms with Crippen LogP contribution >= 0.6 is 0 Å². The van der Waals surface area contributed by atoms with Crippen LogP contribution in [0.5, 0.6) is 0 Å². The van der Waals surface area contributed by atoms with Crippen molar-refractivity contribution in [2.75, 3.05) is 6.61 Å². The molecule has 3 heterocycles. The molecule has 3 unspecified atom stereocenters. The van der Waals surface area contributed by atoms with Gasteiger partial charge in [-0.15, -0.1) is 0 Å². The molecule has 0 aromatic rings. The van der Waals surface area contributed by atoms with Crippen LogP contribution in [0.3, 0.4) is 0 Å². The molecule has 0 saturated carbocycles. The molecule has 0 bridgehead atoms. The van der Waals surface area contributed by atoms with Gasteiger partial charge >= 0.3 is 0 Å². The van der Waals surface area contributed by atoms with Crippen molar-refractivity contribution in [2.24, 2.45) is 5.92 Å². The lowest BCUT2D eigenvalue weighted by Crippen LogP contribution is -2.46. The summed E-state index contributed by atoms with van der Waals surface area (Å²) in [5.41, 5.74) is 1.11. The van der Waals surface area contributed by atoms with E-state index in [9.17, 15) is 0 Å². The van der Waals surface area contributed by atoms with Crippen molar-refractivity contribution in [3.63, 3.8) is 0 Å². The van der Waals surface area contributed by atoms with Crippen molar-refractivity contribution in [3.8, 4) is 0 Å². The molecule has 3 aliphatic heterocycles. The lowest BCUT2D eigenvalue weighted by Gasteiger charge is -2.48. The van der Waals surface area contributed by atoms with Gasteiger partial charge in [-0.25, -0.2) is 0 Å². The first-order chi connectivity index (χ1) is 11.8. The SMILES string of the molecule is CCC1CCCO[C]1C1(C2OC=CC(C)=CO2)CCCCCC[SiH2]1. The van der Waals surface area contributed by atoms with Gasteiger partial charge in [-0.1, -0.05) is 45.1 Å². The van der Waals surface area contributed by atoms with E-state index in [4.69, 9.17) is 14.2 Å². The molecule has 2 saturated heterocycles. The molecule has 4 heteroatoms. The standard InChI is InChI=1S/C20H33O3Si/c1-3-17-9-8-12-21-18(17)20(11-6-4-5-7-14-24-20)19-22-13-10-16(2)15-23-19/h10,13,15,17,19H,3-9,11-12,14,24H2,1-2H3. The van der Waals surface area contributed by atoms with Crippen molar-refractivity contribution in [1.29, 1.82) is 0 Å². The average Bonchev–Trinajstić information content (AvgIpc) is 2.80. The average molecular weight is 350 g/mol. The molecule has 3 aliphatic rings. The Morgan fingerprint density at radius 3 is 2.92 bits per heavy atom. The summed E-state index contributed by atoms with van der Waals surface area (Å²) in [5.74, 6) is 0.579. The van der Waals surface area contributed by atoms with Crippen LogP contribution in [-0.2, 0) is 14.2 Å². The van der Waals surface area contributed by atoms with Gasteiger partial charge in [0.2, 0.25) is 6.29 Å². The molecule has 0 spiro atoms. The van der Waals surface area contributed by atoms with Gasteiger partial charge in [0.15, 0.2) is 0 Å². The Balaban J connectivity index is 1.91. The van der Waals surface area contributed by atoms with Crippen molar-refractivity contribution in [3.05, 3.63) is 30.3 Å². The van der Waals surface area contributed by atoms with Crippen LogP contribution in [0.4, 0.5) is 0 Å². The van der Waals surface area contributed by atoms with Crippen LogP contribution < -0.4 is 0 Å². The summed E-state index contributed by atoms with van der Waals surface area (Å²) in [4.78, 5) is 0. The Kier molecular flexibility index (Phi) is 6.45. The number of hydrogen-bond donors (Lipinski definition) is 0. The second kappa shape index (κ2) is 8.57. The number of ether oxygens (including phenoxy) is 3. The predicted octanol–water partition coefficient (Wildman–Crippen LogP) is 4.86. The smallest absolute Gasteiger partial charge is 0.244 e. The fourth-order valence-electron chi connectivity index (χ4n) is 4.55. The summed E-state index contributed by atoms with van der Waals surface area (Å²) in [6, 6.07) is 1.37. The second-order valence-electron chi connectivity index (χ2n) is 7.65. The van der Waals surface area contributed by atoms with E-state index in [-0.39, 0.29) is 20.8 Å². The maximum Gasteiger partial charge on any atom is 0.244 e. The van der Waals surface area contributed by atoms with E-state index in [0.717, 1.165) is 12.2 Å². The maximum absolute atomic E-state index is 6.39. The molecule has 1 radical (unpaired) electrons. The third-order valence-electron chi connectivity index (χ3n) is 5.92. The van der Waals surface area contributed by atoms with E-state index in [1.54, 1.807) is 0 Å². The molecule has 0 aromatic carbocycles. The molecule has 0 amide bonds. The minimum atomic E-state index is -0.380. The molecule has 0 aliphatic carbocycles. The fourth-order valence-corrected chi connectivity index (χ4v) is 7.35. The van der Waals surface area contributed by atoms with Gasteiger partial charge in [-0.05, 0) is 43.8 Å². The van der Waals surface area contributed by atoms with Crippen molar-refractivity contribution >= 4 is 9.52 Å². The zero-order valence-electron chi connectivity index (χ0n) is 15.4. The Morgan fingerprint density at radius 1 is 1.17 bits per heavy atom. The van der Waals surface area contributed by atoms with Crippen LogP contribution in [-0.4, -0.2) is 22.4 Å². The first-order valence-corrected chi connectivity index (χ1v) is 11.6. The van der Waals surface area contributed by atoms with Gasteiger partial charge in [0.05, 0.1) is 17.6 Å². The lowest BCUT2D eigenvalue weighted by molar-refractivity contribution is -0.122. The summed E-state index contributed by atoms with van der Waals surface area (Å²) >= 11 is 0. The topological polar surface area (TPSA) is 27.7 Å². The van der Waals surface area contributed by atoms with Crippen LogP contribution in [0.25, 0.3) is 0 Å². The van der Waals surface area contributed by atoms with Crippen molar-refractivity contribution in [2.45, 2.75) is 82.6 Å². The summed E-state index contributed by atoms with van der Waals surface area (Å²) in [6.07, 6.45) is 17.0. The highest BCUT2D eigenvalue weighted by Crippen LogP contribution is 2.55. The Hall–Kier alpha value is -0.743. The first-order valence-electron chi connectivity index (χ1n) is 9.90. The van der Waals surface area contributed by atoms with Crippen LogP contribution in [0.1, 0.15) is 65.2 Å². The van der Waals surface area contributed by atoms with E-state index in [2.05, 4.69) is 13.8 Å². The monoisotopic (exact) mass is 349 g/mol. The number of hydrogen-bond acceptors (Lipinski definition) is 3. The molecule has 0 N–H and O–H groups in total. The van der Waals surface area contributed by atoms with Gasteiger partial charge in [-0.3, -0.25) is 0 Å². The third-order valence-corrected chi connectivity index (χ3v) is 8.70.